The number of nitrogens with zero attached hydrogens (tertiary/aromatic N) is 1. The van der Waals surface area contributed by atoms with Crippen LogP contribution < -0.4 is 5.32 Å². The van der Waals surface area contributed by atoms with Crippen molar-refractivity contribution in [1.29, 1.82) is 0 Å². The Kier molecular flexibility index (Phi) is 47.3. The maximum absolute atomic E-state index is 13.0. The molecular formula is C56H112N2O6P+. The van der Waals surface area contributed by atoms with Gasteiger partial charge in [-0.3, -0.25) is 13.8 Å². The van der Waals surface area contributed by atoms with Crippen LogP contribution in [-0.2, 0) is 18.4 Å². The van der Waals surface area contributed by atoms with E-state index in [4.69, 9.17) is 9.05 Å². The molecular weight excluding hydrogens is 828 g/mol. The lowest BCUT2D eigenvalue weighted by Gasteiger charge is -2.25. The van der Waals surface area contributed by atoms with Gasteiger partial charge in [0.2, 0.25) is 5.91 Å². The van der Waals surface area contributed by atoms with E-state index in [1.54, 1.807) is 6.08 Å². The average Bonchev–Trinajstić information content (AvgIpc) is 3.26. The van der Waals surface area contributed by atoms with Gasteiger partial charge in [-0.15, -0.1) is 0 Å². The molecule has 3 atom stereocenters. The van der Waals surface area contributed by atoms with Gasteiger partial charge in [0.1, 0.15) is 13.2 Å². The lowest BCUT2D eigenvalue weighted by molar-refractivity contribution is -0.870. The van der Waals surface area contributed by atoms with E-state index in [9.17, 15) is 19.4 Å². The molecule has 0 fully saturated rings. The van der Waals surface area contributed by atoms with Gasteiger partial charge in [0.05, 0.1) is 39.9 Å². The monoisotopic (exact) mass is 940 g/mol. The molecule has 1 amide bonds. The van der Waals surface area contributed by atoms with Crippen LogP contribution in [-0.4, -0.2) is 73.4 Å². The summed E-state index contributed by atoms with van der Waals surface area (Å²) in [7, 11) is 1.58. The standard InChI is InChI=1S/C56H111N2O6P/c1-6-8-10-12-14-16-18-20-22-24-26-27-28-29-30-31-32-33-35-37-39-41-43-45-47-49-55(59)54(53-64-65(61,62)63-52-51-58(3,4)5)57-56(60)50-48-46-44-42-40-38-36-34-25-23-21-19-17-15-13-11-9-7-2/h23,25,47,49,54-55,59H,6-22,24,26-46,48,50-53H2,1-5H3,(H-,57,60,61,62)/p+1/b25-23-,49-47+. The highest BCUT2D eigenvalue weighted by atomic mass is 31.2. The Morgan fingerprint density at radius 3 is 1.18 bits per heavy atom. The molecule has 0 rings (SSSR count). The summed E-state index contributed by atoms with van der Waals surface area (Å²) in [5, 5.41) is 13.9. The van der Waals surface area contributed by atoms with Crippen molar-refractivity contribution in [2.75, 3.05) is 40.9 Å². The number of nitrogens with one attached hydrogen (secondary N) is 1. The van der Waals surface area contributed by atoms with Gasteiger partial charge in [-0.05, 0) is 44.9 Å². The third kappa shape index (κ3) is 50.7. The number of quaternary nitrogens is 1. The number of likely N-dealkylation sites (N-methyl/N-ethyl adjacent to an activating group) is 1. The minimum absolute atomic E-state index is 0.0622. The normalized spacial score (nSPS) is 14.1. The summed E-state index contributed by atoms with van der Waals surface area (Å²) in [5.74, 6) is -0.178. The summed E-state index contributed by atoms with van der Waals surface area (Å²) >= 11 is 0. The van der Waals surface area contributed by atoms with Crippen LogP contribution in [0.4, 0.5) is 0 Å². The first-order valence-corrected chi connectivity index (χ1v) is 29.7. The van der Waals surface area contributed by atoms with E-state index >= 15 is 0 Å². The SMILES string of the molecule is CCCCCCCCC/C=C\CCCCCCCCCC(=O)NC(COP(=O)(O)OCC[N+](C)(C)C)C(O)/C=C/CCCCCCCCCCCCCCCCCCCCCCCCC. The minimum Gasteiger partial charge on any atom is -0.387 e. The third-order valence-corrected chi connectivity index (χ3v) is 13.9. The van der Waals surface area contributed by atoms with E-state index < -0.39 is 20.0 Å². The predicted octanol–water partition coefficient (Wildman–Crippen LogP) is 16.8. The second-order valence-corrected chi connectivity index (χ2v) is 22.1. The molecule has 0 saturated carbocycles. The summed E-state index contributed by atoms with van der Waals surface area (Å²) in [5.41, 5.74) is 0. The zero-order chi connectivity index (χ0) is 47.8. The summed E-state index contributed by atoms with van der Waals surface area (Å²) in [6, 6.07) is -0.847. The first kappa shape index (κ1) is 64.0. The molecule has 65 heavy (non-hydrogen) atoms. The van der Waals surface area contributed by atoms with Gasteiger partial charge in [-0.1, -0.05) is 250 Å². The van der Waals surface area contributed by atoms with Crippen LogP contribution in [0.2, 0.25) is 0 Å². The fourth-order valence-electron chi connectivity index (χ4n) is 8.45. The van der Waals surface area contributed by atoms with Gasteiger partial charge in [0, 0.05) is 6.42 Å². The molecule has 0 heterocycles. The van der Waals surface area contributed by atoms with E-state index in [-0.39, 0.29) is 19.1 Å². The van der Waals surface area contributed by atoms with Gasteiger partial charge >= 0.3 is 7.82 Å². The summed E-state index contributed by atoms with van der Waals surface area (Å²) in [6.07, 6.45) is 59.8. The van der Waals surface area contributed by atoms with E-state index in [1.165, 1.54) is 218 Å². The van der Waals surface area contributed by atoms with Crippen molar-refractivity contribution in [2.45, 2.75) is 289 Å². The Morgan fingerprint density at radius 2 is 0.831 bits per heavy atom. The quantitative estimate of drug-likeness (QED) is 0.0243. The van der Waals surface area contributed by atoms with Crippen molar-refractivity contribution >= 4 is 13.7 Å². The molecule has 386 valence electrons. The van der Waals surface area contributed by atoms with Crippen molar-refractivity contribution < 1.29 is 32.9 Å². The van der Waals surface area contributed by atoms with Crippen LogP contribution in [0.25, 0.3) is 0 Å². The first-order valence-electron chi connectivity index (χ1n) is 28.2. The highest BCUT2D eigenvalue weighted by molar-refractivity contribution is 7.47. The van der Waals surface area contributed by atoms with Crippen molar-refractivity contribution in [2.24, 2.45) is 0 Å². The molecule has 0 spiro atoms. The number of amides is 1. The molecule has 0 aliphatic heterocycles. The van der Waals surface area contributed by atoms with Gasteiger partial charge in [-0.2, -0.15) is 0 Å². The summed E-state index contributed by atoms with van der Waals surface area (Å²) < 4.78 is 23.7. The minimum atomic E-state index is -4.34. The molecule has 8 nitrogen and oxygen atoms in total. The van der Waals surface area contributed by atoms with E-state index in [2.05, 4.69) is 31.3 Å². The van der Waals surface area contributed by atoms with Crippen molar-refractivity contribution in [3.63, 3.8) is 0 Å². The zero-order valence-electron chi connectivity index (χ0n) is 44.0. The molecule has 3 unspecified atom stereocenters. The van der Waals surface area contributed by atoms with Gasteiger partial charge in [-0.25, -0.2) is 4.57 Å². The van der Waals surface area contributed by atoms with Crippen LogP contribution >= 0.6 is 7.82 Å². The first-order chi connectivity index (χ1) is 31.5. The number of phosphoric ester groups is 1. The number of rotatable bonds is 52. The number of carbonyl (C=O) groups excluding carboxylic acids is 1. The fourth-order valence-corrected chi connectivity index (χ4v) is 9.19. The maximum atomic E-state index is 13.0. The molecule has 0 aromatic heterocycles. The zero-order valence-corrected chi connectivity index (χ0v) is 44.9. The number of aliphatic hydroxyl groups excluding tert-OH is 1. The summed E-state index contributed by atoms with van der Waals surface area (Å²) in [6.45, 7) is 4.85. The van der Waals surface area contributed by atoms with Crippen molar-refractivity contribution in [3.05, 3.63) is 24.3 Å². The van der Waals surface area contributed by atoms with Crippen LogP contribution in [0.15, 0.2) is 24.3 Å². The molecule has 0 aromatic carbocycles. The van der Waals surface area contributed by atoms with Crippen molar-refractivity contribution in [3.8, 4) is 0 Å². The number of hydrogen-bond donors (Lipinski definition) is 3. The molecule has 3 N–H and O–H groups in total. The Bertz CT molecular complexity index is 1110. The lowest BCUT2D eigenvalue weighted by atomic mass is 10.0. The molecule has 0 bridgehead atoms. The maximum Gasteiger partial charge on any atom is 0.472 e. The average molecular weight is 940 g/mol. The van der Waals surface area contributed by atoms with Crippen LogP contribution in [0, 0.1) is 0 Å². The Balaban J connectivity index is 4.21. The third-order valence-electron chi connectivity index (χ3n) is 12.9. The smallest absolute Gasteiger partial charge is 0.387 e. The van der Waals surface area contributed by atoms with Crippen molar-refractivity contribution in [1.82, 2.24) is 5.32 Å². The summed E-state index contributed by atoms with van der Waals surface area (Å²) in [4.78, 5) is 23.3. The largest absolute Gasteiger partial charge is 0.472 e. The number of phosphoric acid groups is 1. The topological polar surface area (TPSA) is 105 Å². The van der Waals surface area contributed by atoms with Gasteiger partial charge < -0.3 is 19.8 Å². The number of hydrogen-bond acceptors (Lipinski definition) is 5. The Labute approximate surface area is 404 Å². The number of carbonyl (C=O) groups is 1. The van der Waals surface area contributed by atoms with Gasteiger partial charge in [0.25, 0.3) is 0 Å². The van der Waals surface area contributed by atoms with Crippen LogP contribution in [0.1, 0.15) is 277 Å². The fraction of sp³-hybridized carbons (Fsp3) is 0.911. The molecule has 0 aliphatic carbocycles. The Hall–Kier alpha value is -1.02. The highest BCUT2D eigenvalue weighted by Gasteiger charge is 2.27. The molecule has 0 aliphatic rings. The van der Waals surface area contributed by atoms with Crippen LogP contribution in [0.5, 0.6) is 0 Å². The second kappa shape index (κ2) is 48.0. The molecule has 0 aromatic rings. The van der Waals surface area contributed by atoms with E-state index in [1.807, 2.05) is 27.2 Å². The van der Waals surface area contributed by atoms with Gasteiger partial charge in [0.15, 0.2) is 0 Å². The Morgan fingerprint density at radius 1 is 0.508 bits per heavy atom. The molecule has 0 radical (unpaired) electrons. The van der Waals surface area contributed by atoms with E-state index in [0.29, 0.717) is 17.4 Å². The highest BCUT2D eigenvalue weighted by Crippen LogP contribution is 2.43. The lowest BCUT2D eigenvalue weighted by Crippen LogP contribution is -2.45. The number of unbranched alkanes of at least 4 members (excludes halogenated alkanes) is 37. The molecule has 9 heteroatoms. The molecule has 0 saturated heterocycles. The second-order valence-electron chi connectivity index (χ2n) is 20.7. The number of aliphatic hydroxyl groups is 1. The predicted molar refractivity (Wildman–Crippen MR) is 281 cm³/mol. The van der Waals surface area contributed by atoms with E-state index in [0.717, 1.165) is 38.5 Å². The number of allylic oxidation sites excluding steroid dienone is 3. The van der Waals surface area contributed by atoms with Crippen LogP contribution in [0.3, 0.4) is 0 Å².